The van der Waals surface area contributed by atoms with Crippen LogP contribution in [0.15, 0.2) is 60.7 Å². The maximum absolute atomic E-state index is 12.6. The number of carbonyl (C=O) groups excluding carboxylic acids is 1. The maximum atomic E-state index is 12.6. The largest absolute Gasteiger partial charge is 1.00 e. The second-order valence-corrected chi connectivity index (χ2v) is 8.16. The van der Waals surface area contributed by atoms with Crippen molar-refractivity contribution >= 4 is 13.8 Å². The van der Waals surface area contributed by atoms with Gasteiger partial charge in [-0.2, -0.15) is 0 Å². The number of cyclic esters (lactones) is 1. The summed E-state index contributed by atoms with van der Waals surface area (Å²) in [5.74, 6) is -0.0242. The molecule has 0 amide bonds. The molecule has 1 aliphatic heterocycles. The van der Waals surface area contributed by atoms with Crippen LogP contribution in [-0.4, -0.2) is 30.9 Å². The molecule has 0 spiro atoms. The fourth-order valence-corrected chi connectivity index (χ4v) is 3.56. The number of rotatable bonds is 2. The molecule has 0 saturated heterocycles. The van der Waals surface area contributed by atoms with Gasteiger partial charge in [0.1, 0.15) is 11.5 Å². The Hall–Kier alpha value is -1.16. The quantitative estimate of drug-likeness (QED) is 0.150. The second kappa shape index (κ2) is 11.5. The molecule has 5 N–H and O–H groups in total. The van der Waals surface area contributed by atoms with E-state index in [1.54, 1.807) is 50.2 Å². The van der Waals surface area contributed by atoms with Crippen LogP contribution in [0, 0.1) is 13.8 Å². The molecule has 8 nitrogen and oxygen atoms in total. The van der Waals surface area contributed by atoms with E-state index in [2.05, 4.69) is 0 Å². The van der Waals surface area contributed by atoms with Crippen molar-refractivity contribution in [2.24, 2.45) is 0 Å². The van der Waals surface area contributed by atoms with Crippen molar-refractivity contribution in [2.75, 3.05) is 0 Å². The van der Waals surface area contributed by atoms with E-state index in [9.17, 15) is 15.0 Å². The van der Waals surface area contributed by atoms with Crippen molar-refractivity contribution in [3.05, 3.63) is 94.0 Å². The SMILES string of the molecule is Cc1cc(C2(c3ccc(O)c(C)c3)OC(=O)c3ccccc32)ccc1O.O=P(O)(O)O.[H-].[H-].[Na+].[Na+]. The first-order valence-corrected chi connectivity index (χ1v) is 10.7. The zero-order chi connectivity index (χ0) is 23.0. The molecular weight excluding hydrogens is 469 g/mol. The van der Waals surface area contributed by atoms with E-state index in [0.717, 1.165) is 16.7 Å². The van der Waals surface area contributed by atoms with Crippen LogP contribution in [0.5, 0.6) is 11.5 Å². The molecule has 0 radical (unpaired) electrons. The van der Waals surface area contributed by atoms with Gasteiger partial charge in [-0.25, -0.2) is 9.36 Å². The Morgan fingerprint density at radius 3 is 1.67 bits per heavy atom. The number of ether oxygens (including phenoxy) is 1. The fourth-order valence-electron chi connectivity index (χ4n) is 3.56. The minimum absolute atomic E-state index is 0. The average Bonchev–Trinajstić information content (AvgIpc) is 2.99. The number of esters is 1. The van der Waals surface area contributed by atoms with Crippen molar-refractivity contribution in [1.82, 2.24) is 0 Å². The van der Waals surface area contributed by atoms with Crippen LogP contribution in [0.4, 0.5) is 0 Å². The predicted molar refractivity (Wildman–Crippen MR) is 114 cm³/mol. The van der Waals surface area contributed by atoms with E-state index in [-0.39, 0.29) is 73.5 Å². The van der Waals surface area contributed by atoms with E-state index in [0.29, 0.717) is 16.7 Å². The van der Waals surface area contributed by atoms with Crippen molar-refractivity contribution in [2.45, 2.75) is 19.4 Å². The molecular formula is C22H23Na2O8P. The van der Waals surface area contributed by atoms with Crippen LogP contribution in [-0.2, 0) is 14.9 Å². The van der Waals surface area contributed by atoms with Crippen LogP contribution < -0.4 is 59.1 Å². The van der Waals surface area contributed by atoms with E-state index < -0.39 is 19.4 Å². The van der Waals surface area contributed by atoms with Crippen LogP contribution in [0.25, 0.3) is 0 Å². The van der Waals surface area contributed by atoms with Crippen LogP contribution >= 0.6 is 7.82 Å². The number of phenolic OH excluding ortho intramolecular Hbond substituents is 2. The number of aromatic hydroxyl groups is 2. The third-order valence-corrected chi connectivity index (χ3v) is 4.98. The van der Waals surface area contributed by atoms with E-state index in [1.165, 1.54) is 0 Å². The van der Waals surface area contributed by atoms with Gasteiger partial charge in [0, 0.05) is 16.7 Å². The Labute approximate surface area is 238 Å². The number of aryl methyl sites for hydroxylation is 2. The van der Waals surface area contributed by atoms with Gasteiger partial charge >= 0.3 is 72.9 Å². The zero-order valence-electron chi connectivity index (χ0n) is 20.7. The molecule has 1 heterocycles. The number of carbonyl (C=O) groups is 1. The van der Waals surface area contributed by atoms with Gasteiger partial charge in [0.05, 0.1) is 5.56 Å². The molecule has 11 heteroatoms. The first kappa shape index (κ1) is 29.9. The molecule has 0 aliphatic carbocycles. The molecule has 0 saturated carbocycles. The minimum Gasteiger partial charge on any atom is -1.00 e. The summed E-state index contributed by atoms with van der Waals surface area (Å²) in [5, 5.41) is 19.9. The Bertz CT molecular complexity index is 1160. The molecule has 3 aromatic carbocycles. The summed E-state index contributed by atoms with van der Waals surface area (Å²) < 4.78 is 14.9. The van der Waals surface area contributed by atoms with Gasteiger partial charge in [0.15, 0.2) is 5.60 Å². The number of fused-ring (bicyclic) bond motifs is 1. The van der Waals surface area contributed by atoms with Crippen molar-refractivity contribution < 1.29 is 101 Å². The summed E-state index contributed by atoms with van der Waals surface area (Å²) in [4.78, 5) is 34.2. The smallest absolute Gasteiger partial charge is 1.00 e. The number of benzene rings is 3. The van der Waals surface area contributed by atoms with Crippen molar-refractivity contribution in [3.63, 3.8) is 0 Å². The molecule has 3 aromatic rings. The molecule has 4 rings (SSSR count). The van der Waals surface area contributed by atoms with Gasteiger partial charge in [-0.3, -0.25) is 0 Å². The van der Waals surface area contributed by atoms with E-state index in [1.807, 2.05) is 24.3 Å². The minimum atomic E-state index is -4.64. The van der Waals surface area contributed by atoms with E-state index >= 15 is 0 Å². The molecule has 0 bridgehead atoms. The molecule has 33 heavy (non-hydrogen) atoms. The summed E-state index contributed by atoms with van der Waals surface area (Å²) in [7, 11) is -4.64. The Kier molecular flexibility index (Phi) is 10.4. The Morgan fingerprint density at radius 2 is 1.24 bits per heavy atom. The predicted octanol–water partition coefficient (Wildman–Crippen LogP) is -2.52. The second-order valence-electron chi connectivity index (χ2n) is 7.13. The summed E-state index contributed by atoms with van der Waals surface area (Å²) >= 11 is 0. The third-order valence-electron chi connectivity index (χ3n) is 4.98. The molecule has 0 aromatic heterocycles. The Morgan fingerprint density at radius 1 is 0.818 bits per heavy atom. The van der Waals surface area contributed by atoms with Crippen molar-refractivity contribution in [3.8, 4) is 11.5 Å². The van der Waals surface area contributed by atoms with Gasteiger partial charge < -0.3 is 32.5 Å². The molecule has 0 unspecified atom stereocenters. The average molecular weight is 492 g/mol. The number of hydrogen-bond donors (Lipinski definition) is 5. The summed E-state index contributed by atoms with van der Waals surface area (Å²) in [6.45, 7) is 3.61. The molecule has 0 atom stereocenters. The summed E-state index contributed by atoms with van der Waals surface area (Å²) in [6, 6.07) is 17.7. The first-order chi connectivity index (χ1) is 14.4. The number of phenols is 2. The van der Waals surface area contributed by atoms with Crippen molar-refractivity contribution in [1.29, 1.82) is 0 Å². The normalized spacial score (nSPS) is 13.4. The van der Waals surface area contributed by atoms with Gasteiger partial charge in [-0.1, -0.05) is 30.3 Å². The van der Waals surface area contributed by atoms with Crippen LogP contribution in [0.2, 0.25) is 0 Å². The molecule has 166 valence electrons. The van der Waals surface area contributed by atoms with Crippen LogP contribution in [0.1, 0.15) is 41.0 Å². The van der Waals surface area contributed by atoms with E-state index in [4.69, 9.17) is 24.0 Å². The summed E-state index contributed by atoms with van der Waals surface area (Å²) in [6.07, 6.45) is 0. The first-order valence-electron chi connectivity index (χ1n) is 9.15. The summed E-state index contributed by atoms with van der Waals surface area (Å²) in [5.41, 5.74) is 3.03. The number of hydrogen-bond acceptors (Lipinski definition) is 5. The zero-order valence-corrected chi connectivity index (χ0v) is 23.6. The standard InChI is InChI=1S/C22H18O4.2Na.H3O4P.2H/c1-13-11-15(7-9-19(13)23)22(16-8-10-20(24)14(2)12-16)18-6-4-3-5-17(18)21(25)26-22;;;1-5(2,3)4;;/h3-12,23-24H,1-2H3;;;(H3,1,2,3,4);;/q;2*+1;;2*-1. The number of phosphoric acid groups is 1. The van der Waals surface area contributed by atoms with Gasteiger partial charge in [0.25, 0.3) is 0 Å². The van der Waals surface area contributed by atoms with Gasteiger partial charge in [0.2, 0.25) is 0 Å². The van der Waals surface area contributed by atoms with Gasteiger partial charge in [-0.05, 0) is 55.3 Å². The maximum Gasteiger partial charge on any atom is 1.00 e. The van der Waals surface area contributed by atoms with Crippen LogP contribution in [0.3, 0.4) is 0 Å². The molecule has 0 fully saturated rings. The monoisotopic (exact) mass is 492 g/mol. The topological polar surface area (TPSA) is 145 Å². The fraction of sp³-hybridized carbons (Fsp3) is 0.136. The van der Waals surface area contributed by atoms with Gasteiger partial charge in [-0.15, -0.1) is 0 Å². The Balaban J connectivity index is 0. The third kappa shape index (κ3) is 6.50. The molecule has 1 aliphatic rings.